The van der Waals surface area contributed by atoms with Gasteiger partial charge < -0.3 is 26.2 Å². The molecule has 0 spiro atoms. The number of carbonyl (C=O) groups excluding carboxylic acids is 3. The number of nitrogens with one attached hydrogen (secondary N) is 2. The number of alkyl carbamates (subject to hydrolysis) is 1. The Morgan fingerprint density at radius 3 is 1.82 bits per heavy atom. The molecule has 2 aromatic rings. The fourth-order valence-corrected chi connectivity index (χ4v) is 3.33. The Bertz CT molecular complexity index is 989. The molecule has 34 heavy (non-hydrogen) atoms. The number of primary amides is 1. The largest absolute Gasteiger partial charge is 0.481 e. The quantitative estimate of drug-likeness (QED) is 0.419. The Labute approximate surface area is 198 Å². The van der Waals surface area contributed by atoms with Crippen molar-refractivity contribution in [1.29, 1.82) is 0 Å². The third-order valence-electron chi connectivity index (χ3n) is 4.92. The van der Waals surface area contributed by atoms with E-state index in [0.717, 1.165) is 5.56 Å². The molecule has 0 aliphatic heterocycles. The number of carboxylic acid groups (broad SMARTS) is 1. The molecule has 2 aromatic carbocycles. The molecule has 182 valence electrons. The first-order valence-electron chi connectivity index (χ1n) is 10.9. The molecule has 0 aliphatic rings. The first-order chi connectivity index (χ1) is 16.0. The van der Waals surface area contributed by atoms with Gasteiger partial charge in [-0.15, -0.1) is 0 Å². The molecule has 3 amide bonds. The Kier molecular flexibility index (Phi) is 9.18. The molecule has 0 saturated heterocycles. The second-order valence-corrected chi connectivity index (χ2v) is 8.91. The number of ether oxygens (including phenoxy) is 1. The van der Waals surface area contributed by atoms with Crippen LogP contribution in [0.3, 0.4) is 0 Å². The predicted octanol–water partition coefficient (Wildman–Crippen LogP) is 2.04. The smallest absolute Gasteiger partial charge is 0.408 e. The molecule has 0 aliphatic carbocycles. The SMILES string of the molecule is CC(C)(C)OC(=O)N[C@H](C(=O)N[C@@H](Cc1ccccc1)C(N)=O)C(Cc1ccccc1)C(=O)O. The molecule has 0 radical (unpaired) electrons. The van der Waals surface area contributed by atoms with Crippen molar-refractivity contribution in [3.8, 4) is 0 Å². The highest BCUT2D eigenvalue weighted by molar-refractivity contribution is 5.94. The monoisotopic (exact) mass is 469 g/mol. The Morgan fingerprint density at radius 2 is 1.38 bits per heavy atom. The summed E-state index contributed by atoms with van der Waals surface area (Å²) in [5.41, 5.74) is 6.04. The van der Waals surface area contributed by atoms with Crippen molar-refractivity contribution in [2.75, 3.05) is 0 Å². The van der Waals surface area contributed by atoms with E-state index in [4.69, 9.17) is 10.5 Å². The van der Waals surface area contributed by atoms with Crippen LogP contribution >= 0.6 is 0 Å². The van der Waals surface area contributed by atoms with E-state index in [1.54, 1.807) is 75.4 Å². The fourth-order valence-electron chi connectivity index (χ4n) is 3.33. The second-order valence-electron chi connectivity index (χ2n) is 8.91. The average molecular weight is 470 g/mol. The standard InChI is InChI=1S/C25H31N3O6/c1-25(2,3)34-24(33)28-20(18(23(31)32)14-16-10-6-4-7-11-16)22(30)27-19(21(26)29)15-17-12-8-5-9-13-17/h4-13,18-20H,14-15H2,1-3H3,(H2,26,29)(H,27,30)(H,28,33)(H,31,32)/t18?,19-,20-/m0/s1. The van der Waals surface area contributed by atoms with Crippen molar-refractivity contribution >= 4 is 23.9 Å². The number of benzene rings is 2. The summed E-state index contributed by atoms with van der Waals surface area (Å²) in [4.78, 5) is 49.9. The van der Waals surface area contributed by atoms with Crippen LogP contribution in [0.5, 0.6) is 0 Å². The zero-order valence-electron chi connectivity index (χ0n) is 19.5. The lowest BCUT2D eigenvalue weighted by Crippen LogP contribution is -2.58. The van der Waals surface area contributed by atoms with E-state index < -0.39 is 47.5 Å². The molecule has 3 atom stereocenters. The van der Waals surface area contributed by atoms with Gasteiger partial charge in [0.1, 0.15) is 17.7 Å². The maximum absolute atomic E-state index is 13.2. The van der Waals surface area contributed by atoms with Gasteiger partial charge in [-0.1, -0.05) is 60.7 Å². The summed E-state index contributed by atoms with van der Waals surface area (Å²) in [6, 6.07) is 15.0. The van der Waals surface area contributed by atoms with Crippen molar-refractivity contribution in [3.05, 3.63) is 71.8 Å². The van der Waals surface area contributed by atoms with E-state index >= 15 is 0 Å². The van der Waals surface area contributed by atoms with Crippen LogP contribution in [0.25, 0.3) is 0 Å². The molecule has 0 saturated carbocycles. The maximum Gasteiger partial charge on any atom is 0.408 e. The van der Waals surface area contributed by atoms with Gasteiger partial charge in [-0.25, -0.2) is 4.79 Å². The molecular formula is C25H31N3O6. The number of hydrogen-bond acceptors (Lipinski definition) is 5. The van der Waals surface area contributed by atoms with Crippen molar-refractivity contribution in [2.45, 2.75) is 51.3 Å². The van der Waals surface area contributed by atoms with Gasteiger partial charge >= 0.3 is 12.1 Å². The lowest BCUT2D eigenvalue weighted by atomic mass is 9.91. The van der Waals surface area contributed by atoms with E-state index in [2.05, 4.69) is 10.6 Å². The van der Waals surface area contributed by atoms with Crippen molar-refractivity contribution < 1.29 is 29.0 Å². The maximum atomic E-state index is 13.2. The number of carboxylic acids is 1. The first-order valence-corrected chi connectivity index (χ1v) is 10.9. The second kappa shape index (κ2) is 11.8. The number of hydrogen-bond donors (Lipinski definition) is 4. The van der Waals surface area contributed by atoms with E-state index in [-0.39, 0.29) is 12.8 Å². The minimum absolute atomic E-state index is 0.0377. The topological polar surface area (TPSA) is 148 Å². The number of amides is 3. The molecule has 0 fully saturated rings. The van der Waals surface area contributed by atoms with Crippen LogP contribution in [0.1, 0.15) is 31.9 Å². The summed E-state index contributed by atoms with van der Waals surface area (Å²) >= 11 is 0. The minimum atomic E-state index is -1.52. The van der Waals surface area contributed by atoms with Crippen LogP contribution in [0, 0.1) is 5.92 Å². The third kappa shape index (κ3) is 8.57. The van der Waals surface area contributed by atoms with Crippen LogP contribution in [0.15, 0.2) is 60.7 Å². The molecule has 0 bridgehead atoms. The summed E-state index contributed by atoms with van der Waals surface area (Å²) in [6.45, 7) is 4.93. The molecule has 9 nitrogen and oxygen atoms in total. The highest BCUT2D eigenvalue weighted by Crippen LogP contribution is 2.16. The molecule has 1 unspecified atom stereocenters. The van der Waals surface area contributed by atoms with Crippen molar-refractivity contribution in [3.63, 3.8) is 0 Å². The van der Waals surface area contributed by atoms with Gasteiger partial charge in [0.15, 0.2) is 0 Å². The van der Waals surface area contributed by atoms with Crippen LogP contribution in [-0.2, 0) is 32.0 Å². The van der Waals surface area contributed by atoms with Gasteiger partial charge in [0, 0.05) is 6.42 Å². The zero-order chi connectivity index (χ0) is 25.3. The molecule has 2 rings (SSSR count). The predicted molar refractivity (Wildman–Crippen MR) is 126 cm³/mol. The Morgan fingerprint density at radius 1 is 0.882 bits per heavy atom. The van der Waals surface area contributed by atoms with Crippen LogP contribution in [0.4, 0.5) is 4.79 Å². The van der Waals surface area contributed by atoms with E-state index in [1.807, 2.05) is 6.07 Å². The number of carbonyl (C=O) groups is 4. The van der Waals surface area contributed by atoms with Gasteiger partial charge in [0.25, 0.3) is 0 Å². The van der Waals surface area contributed by atoms with Crippen LogP contribution in [-0.4, -0.2) is 46.7 Å². The molecular weight excluding hydrogens is 438 g/mol. The third-order valence-corrected chi connectivity index (χ3v) is 4.92. The Hall–Kier alpha value is -3.88. The van der Waals surface area contributed by atoms with Crippen molar-refractivity contribution in [2.24, 2.45) is 11.7 Å². The van der Waals surface area contributed by atoms with Crippen molar-refractivity contribution in [1.82, 2.24) is 10.6 Å². The van der Waals surface area contributed by atoms with Gasteiger partial charge in [-0.05, 0) is 38.3 Å². The number of aliphatic carboxylic acids is 1. The fraction of sp³-hybridized carbons (Fsp3) is 0.360. The highest BCUT2D eigenvalue weighted by Gasteiger charge is 2.37. The van der Waals surface area contributed by atoms with Gasteiger partial charge in [0.05, 0.1) is 5.92 Å². The van der Waals surface area contributed by atoms with Gasteiger partial charge in [-0.2, -0.15) is 0 Å². The summed E-state index contributed by atoms with van der Waals surface area (Å²) in [5, 5.41) is 14.8. The number of nitrogens with two attached hydrogens (primary N) is 1. The van der Waals surface area contributed by atoms with E-state index in [1.165, 1.54) is 0 Å². The van der Waals surface area contributed by atoms with Gasteiger partial charge in [-0.3, -0.25) is 14.4 Å². The summed E-state index contributed by atoms with van der Waals surface area (Å²) in [6.07, 6.45) is -0.882. The van der Waals surface area contributed by atoms with Gasteiger partial charge in [0.2, 0.25) is 11.8 Å². The summed E-state index contributed by atoms with van der Waals surface area (Å²) in [7, 11) is 0. The minimum Gasteiger partial charge on any atom is -0.481 e. The first kappa shape index (κ1) is 26.4. The molecule has 0 aromatic heterocycles. The Balaban J connectivity index is 2.31. The summed E-state index contributed by atoms with van der Waals surface area (Å²) in [5.74, 6) is -4.27. The highest BCUT2D eigenvalue weighted by atomic mass is 16.6. The zero-order valence-corrected chi connectivity index (χ0v) is 19.5. The summed E-state index contributed by atoms with van der Waals surface area (Å²) < 4.78 is 5.23. The van der Waals surface area contributed by atoms with Crippen LogP contribution in [0.2, 0.25) is 0 Å². The van der Waals surface area contributed by atoms with Crippen LogP contribution < -0.4 is 16.4 Å². The molecule has 5 N–H and O–H groups in total. The van der Waals surface area contributed by atoms with E-state index in [9.17, 15) is 24.3 Å². The molecule has 9 heteroatoms. The normalized spacial score (nSPS) is 13.7. The average Bonchev–Trinajstić information content (AvgIpc) is 2.75. The van der Waals surface area contributed by atoms with E-state index in [0.29, 0.717) is 5.56 Å². The lowest BCUT2D eigenvalue weighted by Gasteiger charge is -2.28. The number of rotatable bonds is 10. The molecule has 0 heterocycles. The lowest BCUT2D eigenvalue weighted by molar-refractivity contribution is -0.145.